The molecule has 5 nitrogen and oxygen atoms in total. The Hall–Kier alpha value is -1.47. The van der Waals surface area contributed by atoms with E-state index in [4.69, 9.17) is 19.9 Å². The van der Waals surface area contributed by atoms with Crippen LogP contribution < -0.4 is 19.9 Å². The maximum absolute atomic E-state index is 5.80. The van der Waals surface area contributed by atoms with E-state index in [1.807, 2.05) is 0 Å². The maximum atomic E-state index is 5.80. The molecule has 1 heterocycles. The van der Waals surface area contributed by atoms with Gasteiger partial charge in [0, 0.05) is 18.0 Å². The number of nitrogens with zero attached hydrogens (tertiary/aromatic N) is 1. The van der Waals surface area contributed by atoms with E-state index in [9.17, 15) is 0 Å². The highest BCUT2D eigenvalue weighted by atomic mass is 79.9. The predicted molar refractivity (Wildman–Crippen MR) is 87.9 cm³/mol. The van der Waals surface area contributed by atoms with Gasteiger partial charge in [0.15, 0.2) is 11.5 Å². The Balaban J connectivity index is 2.25. The van der Waals surface area contributed by atoms with Gasteiger partial charge in [-0.3, -0.25) is 4.98 Å². The maximum Gasteiger partial charge on any atom is 0.185 e. The number of benzene rings is 1. The van der Waals surface area contributed by atoms with Gasteiger partial charge in [-0.25, -0.2) is 0 Å². The molecular formula is C14H14Br2N2O3. The first-order chi connectivity index (χ1) is 10.1. The van der Waals surface area contributed by atoms with E-state index in [-0.39, 0.29) is 6.61 Å². The Morgan fingerprint density at radius 2 is 1.76 bits per heavy atom. The van der Waals surface area contributed by atoms with Crippen LogP contribution in [-0.2, 0) is 6.61 Å². The highest BCUT2D eigenvalue weighted by Crippen LogP contribution is 2.37. The number of ether oxygens (including phenoxy) is 3. The third-order valence-corrected chi connectivity index (χ3v) is 3.92. The van der Waals surface area contributed by atoms with Crippen molar-refractivity contribution in [1.82, 2.24) is 4.98 Å². The molecule has 0 atom stereocenters. The third kappa shape index (κ3) is 3.59. The van der Waals surface area contributed by atoms with E-state index in [1.165, 1.54) is 0 Å². The highest BCUT2D eigenvalue weighted by Gasteiger charge is 2.14. The molecule has 1 aromatic heterocycles. The molecule has 112 valence electrons. The zero-order valence-corrected chi connectivity index (χ0v) is 14.7. The van der Waals surface area contributed by atoms with Gasteiger partial charge in [-0.15, -0.1) is 0 Å². The van der Waals surface area contributed by atoms with E-state index >= 15 is 0 Å². The summed E-state index contributed by atoms with van der Waals surface area (Å²) >= 11 is 6.85. The van der Waals surface area contributed by atoms with Crippen molar-refractivity contribution in [3.63, 3.8) is 0 Å². The van der Waals surface area contributed by atoms with Gasteiger partial charge in [-0.2, -0.15) is 0 Å². The molecule has 7 heteroatoms. The smallest absolute Gasteiger partial charge is 0.185 e. The Bertz CT molecular complexity index is 627. The number of hydrogen-bond acceptors (Lipinski definition) is 5. The second-order valence-electron chi connectivity index (χ2n) is 4.10. The van der Waals surface area contributed by atoms with E-state index in [2.05, 4.69) is 36.8 Å². The van der Waals surface area contributed by atoms with Crippen LogP contribution >= 0.6 is 31.9 Å². The average molecular weight is 418 g/mol. The number of methoxy groups -OCH3 is 2. The van der Waals surface area contributed by atoms with Crippen LogP contribution in [0.5, 0.6) is 17.2 Å². The van der Waals surface area contributed by atoms with Crippen molar-refractivity contribution in [3.05, 3.63) is 39.0 Å². The molecule has 0 amide bonds. The molecule has 2 aromatic rings. The van der Waals surface area contributed by atoms with Crippen LogP contribution in [0.1, 0.15) is 5.69 Å². The summed E-state index contributed by atoms with van der Waals surface area (Å²) in [5.74, 6) is 1.82. The third-order valence-electron chi connectivity index (χ3n) is 2.74. The normalized spacial score (nSPS) is 10.3. The molecule has 0 aliphatic rings. The monoisotopic (exact) mass is 416 g/mol. The summed E-state index contributed by atoms with van der Waals surface area (Å²) in [5, 5.41) is 0. The molecule has 0 unspecified atom stereocenters. The second kappa shape index (κ2) is 7.00. The van der Waals surface area contributed by atoms with Crippen LogP contribution in [0, 0.1) is 0 Å². The zero-order valence-electron chi connectivity index (χ0n) is 11.5. The van der Waals surface area contributed by atoms with Crippen molar-refractivity contribution < 1.29 is 14.2 Å². The Labute approximate surface area is 139 Å². The minimum absolute atomic E-state index is 0.238. The summed E-state index contributed by atoms with van der Waals surface area (Å²) in [4.78, 5) is 4.26. The SMILES string of the molecule is COc1ccnc(COc2c(Br)cc(N)cc2Br)c1OC. The van der Waals surface area contributed by atoms with Crippen molar-refractivity contribution in [2.45, 2.75) is 6.61 Å². The second-order valence-corrected chi connectivity index (χ2v) is 5.80. The lowest BCUT2D eigenvalue weighted by atomic mass is 10.3. The van der Waals surface area contributed by atoms with Gasteiger partial charge in [0.05, 0.1) is 23.2 Å². The number of anilines is 1. The van der Waals surface area contributed by atoms with Crippen LogP contribution in [0.25, 0.3) is 0 Å². The molecule has 21 heavy (non-hydrogen) atoms. The Morgan fingerprint density at radius 1 is 1.10 bits per heavy atom. The number of halogens is 2. The lowest BCUT2D eigenvalue weighted by Crippen LogP contribution is -2.04. The molecule has 0 bridgehead atoms. The van der Waals surface area contributed by atoms with Gasteiger partial charge < -0.3 is 19.9 Å². The van der Waals surface area contributed by atoms with Crippen LogP contribution in [-0.4, -0.2) is 19.2 Å². The predicted octanol–water partition coefficient (Wildman–Crippen LogP) is 3.79. The number of hydrogen-bond donors (Lipinski definition) is 1. The minimum atomic E-state index is 0.238. The van der Waals surface area contributed by atoms with Crippen LogP contribution in [0.2, 0.25) is 0 Å². The Kier molecular flexibility index (Phi) is 5.30. The molecule has 0 aliphatic carbocycles. The Morgan fingerprint density at radius 3 is 2.33 bits per heavy atom. The van der Waals surface area contributed by atoms with Gasteiger partial charge in [0.1, 0.15) is 18.1 Å². The quantitative estimate of drug-likeness (QED) is 0.749. The fourth-order valence-electron chi connectivity index (χ4n) is 1.81. The zero-order chi connectivity index (χ0) is 15.4. The summed E-state index contributed by atoms with van der Waals surface area (Å²) in [5.41, 5.74) is 7.04. The lowest BCUT2D eigenvalue weighted by Gasteiger charge is -2.14. The largest absolute Gasteiger partial charge is 0.493 e. The molecule has 0 aliphatic heterocycles. The molecule has 0 radical (unpaired) electrons. The topological polar surface area (TPSA) is 66.6 Å². The lowest BCUT2D eigenvalue weighted by molar-refractivity contribution is 0.282. The molecule has 2 rings (SSSR count). The van der Waals surface area contributed by atoms with Gasteiger partial charge >= 0.3 is 0 Å². The van der Waals surface area contributed by atoms with Crippen molar-refractivity contribution in [2.24, 2.45) is 0 Å². The van der Waals surface area contributed by atoms with E-state index in [1.54, 1.807) is 38.6 Å². The molecule has 0 saturated heterocycles. The number of aromatic nitrogens is 1. The van der Waals surface area contributed by atoms with E-state index in [0.717, 1.165) is 8.95 Å². The number of rotatable bonds is 5. The number of pyridine rings is 1. The van der Waals surface area contributed by atoms with Crippen LogP contribution in [0.15, 0.2) is 33.3 Å². The standard InChI is InChI=1S/C14H14Br2N2O3/c1-19-12-3-4-18-11(14(12)20-2)7-21-13-9(15)5-8(17)6-10(13)16/h3-6H,7,17H2,1-2H3. The van der Waals surface area contributed by atoms with Crippen LogP contribution in [0.4, 0.5) is 5.69 Å². The first-order valence-electron chi connectivity index (χ1n) is 6.00. The summed E-state index contributed by atoms with van der Waals surface area (Å²) in [6, 6.07) is 5.28. The first kappa shape index (κ1) is 15.9. The summed E-state index contributed by atoms with van der Waals surface area (Å²) in [7, 11) is 3.15. The van der Waals surface area contributed by atoms with Gasteiger partial charge in [-0.1, -0.05) is 0 Å². The fraction of sp³-hybridized carbons (Fsp3) is 0.214. The fourth-order valence-corrected chi connectivity index (χ4v) is 3.26. The van der Waals surface area contributed by atoms with Crippen molar-refractivity contribution in [1.29, 1.82) is 0 Å². The molecule has 0 saturated carbocycles. The summed E-state index contributed by atoms with van der Waals surface area (Å²) < 4.78 is 17.9. The van der Waals surface area contributed by atoms with E-state index in [0.29, 0.717) is 28.6 Å². The molecule has 1 aromatic carbocycles. The first-order valence-corrected chi connectivity index (χ1v) is 7.58. The molecule has 0 fully saturated rings. The minimum Gasteiger partial charge on any atom is -0.493 e. The van der Waals surface area contributed by atoms with Crippen molar-refractivity contribution in [3.8, 4) is 17.2 Å². The average Bonchev–Trinajstić information content (AvgIpc) is 2.45. The summed E-state index contributed by atoms with van der Waals surface area (Å²) in [6.45, 7) is 0.238. The van der Waals surface area contributed by atoms with Gasteiger partial charge in [-0.05, 0) is 44.0 Å². The summed E-state index contributed by atoms with van der Waals surface area (Å²) in [6.07, 6.45) is 1.65. The molecule has 0 spiro atoms. The molecular weight excluding hydrogens is 404 g/mol. The van der Waals surface area contributed by atoms with Crippen molar-refractivity contribution in [2.75, 3.05) is 20.0 Å². The number of nitrogen functional groups attached to an aromatic ring is 1. The number of nitrogens with two attached hydrogens (primary N) is 1. The van der Waals surface area contributed by atoms with Crippen molar-refractivity contribution >= 4 is 37.5 Å². The van der Waals surface area contributed by atoms with Gasteiger partial charge in [0.25, 0.3) is 0 Å². The molecule has 2 N–H and O–H groups in total. The van der Waals surface area contributed by atoms with E-state index < -0.39 is 0 Å². The highest BCUT2D eigenvalue weighted by molar-refractivity contribution is 9.11. The van der Waals surface area contributed by atoms with Gasteiger partial charge in [0.2, 0.25) is 0 Å². The van der Waals surface area contributed by atoms with Crippen LogP contribution in [0.3, 0.4) is 0 Å².